The number of hydrogen-bond donors (Lipinski definition) is 2. The molecule has 126 valence electrons. The molecule has 4 nitrogen and oxygen atoms in total. The third-order valence-corrected chi connectivity index (χ3v) is 5.25. The second kappa shape index (κ2) is 7.04. The largest absolute Gasteiger partial charge is 0.392 e. The van der Waals surface area contributed by atoms with Crippen molar-refractivity contribution in [1.29, 1.82) is 0 Å². The van der Waals surface area contributed by atoms with E-state index in [1.807, 2.05) is 30.5 Å². The van der Waals surface area contributed by atoms with Crippen LogP contribution < -0.4 is 0 Å². The third-order valence-electron chi connectivity index (χ3n) is 5.25. The molecular weight excluding hydrogens is 288 g/mol. The van der Waals surface area contributed by atoms with Crippen LogP contribution in [0.5, 0.6) is 0 Å². The second-order valence-corrected chi connectivity index (χ2v) is 6.96. The van der Waals surface area contributed by atoms with Gasteiger partial charge in [0.2, 0.25) is 0 Å². The summed E-state index contributed by atoms with van der Waals surface area (Å²) in [6, 6.07) is 9.15. The van der Waals surface area contributed by atoms with Gasteiger partial charge in [0.15, 0.2) is 0 Å². The van der Waals surface area contributed by atoms with Crippen molar-refractivity contribution >= 4 is 10.9 Å². The number of likely N-dealkylation sites (tertiary alicyclic amines) is 1. The molecule has 23 heavy (non-hydrogen) atoms. The van der Waals surface area contributed by atoms with Gasteiger partial charge in [-0.15, -0.1) is 0 Å². The average molecular weight is 316 g/mol. The van der Waals surface area contributed by atoms with E-state index in [0.717, 1.165) is 16.5 Å². The fraction of sp³-hybridized carbons (Fsp3) is 0.579. The van der Waals surface area contributed by atoms with Crippen molar-refractivity contribution in [2.24, 2.45) is 0 Å². The lowest BCUT2D eigenvalue weighted by Crippen LogP contribution is -2.47. The highest BCUT2D eigenvalue weighted by molar-refractivity contribution is 5.83. The minimum absolute atomic E-state index is 0.0315. The highest BCUT2D eigenvalue weighted by atomic mass is 16.3. The molecule has 0 aliphatic carbocycles. The van der Waals surface area contributed by atoms with Gasteiger partial charge in [-0.1, -0.05) is 24.6 Å². The van der Waals surface area contributed by atoms with Crippen molar-refractivity contribution < 1.29 is 10.2 Å². The first-order valence-electron chi connectivity index (χ1n) is 8.71. The van der Waals surface area contributed by atoms with Crippen molar-refractivity contribution in [2.45, 2.75) is 64.4 Å². The lowest BCUT2D eigenvalue weighted by molar-refractivity contribution is 0.0352. The summed E-state index contributed by atoms with van der Waals surface area (Å²) < 4.78 is 2.07. The maximum absolute atomic E-state index is 10.6. The maximum Gasteiger partial charge on any atom is 0.0845 e. The summed E-state index contributed by atoms with van der Waals surface area (Å²) in [6.07, 6.45) is 5.30. The zero-order valence-corrected chi connectivity index (χ0v) is 14.2. The number of hydrogen-bond acceptors (Lipinski definition) is 3. The Balaban J connectivity index is 1.74. The lowest BCUT2D eigenvalue weighted by Gasteiger charge is -2.40. The average Bonchev–Trinajstić information content (AvgIpc) is 2.89. The van der Waals surface area contributed by atoms with Crippen molar-refractivity contribution in [3.63, 3.8) is 0 Å². The Morgan fingerprint density at radius 1 is 1.13 bits per heavy atom. The van der Waals surface area contributed by atoms with E-state index in [1.165, 1.54) is 19.3 Å². The van der Waals surface area contributed by atoms with Gasteiger partial charge in [-0.2, -0.15) is 0 Å². The molecule has 2 heterocycles. The lowest BCUT2D eigenvalue weighted by atomic mass is 9.97. The van der Waals surface area contributed by atoms with Crippen LogP contribution in [-0.2, 0) is 13.2 Å². The first-order chi connectivity index (χ1) is 11.1. The van der Waals surface area contributed by atoms with Crippen molar-refractivity contribution in [3.8, 4) is 0 Å². The molecule has 1 aliphatic rings. The number of nitrogens with zero attached hydrogens (tertiary/aromatic N) is 2. The van der Waals surface area contributed by atoms with Gasteiger partial charge >= 0.3 is 0 Å². The molecule has 1 aromatic carbocycles. The molecule has 1 aliphatic heterocycles. The molecule has 0 radical (unpaired) electrons. The zero-order chi connectivity index (χ0) is 16.4. The van der Waals surface area contributed by atoms with E-state index in [4.69, 9.17) is 0 Å². The van der Waals surface area contributed by atoms with Crippen LogP contribution in [-0.4, -0.2) is 44.4 Å². The van der Waals surface area contributed by atoms with Crippen LogP contribution in [0.25, 0.3) is 10.9 Å². The van der Waals surface area contributed by atoms with Crippen LogP contribution in [0.1, 0.15) is 38.7 Å². The van der Waals surface area contributed by atoms with Crippen LogP contribution >= 0.6 is 0 Å². The SMILES string of the molecule is C[C@@H]1CCC[C@H](C)N1C[C@@H](O)Cn1cc(CO)c2ccccc21. The highest BCUT2D eigenvalue weighted by Crippen LogP contribution is 2.24. The van der Waals surface area contributed by atoms with Crippen molar-refractivity contribution in [1.82, 2.24) is 9.47 Å². The fourth-order valence-corrected chi connectivity index (χ4v) is 3.96. The number of para-hydroxylation sites is 1. The number of piperidine rings is 1. The predicted octanol–water partition coefficient (Wildman–Crippen LogP) is 2.76. The van der Waals surface area contributed by atoms with Crippen LogP contribution in [0.2, 0.25) is 0 Å². The fourth-order valence-electron chi connectivity index (χ4n) is 3.96. The van der Waals surface area contributed by atoms with Gasteiger partial charge in [-0.25, -0.2) is 0 Å². The first-order valence-corrected chi connectivity index (χ1v) is 8.71. The van der Waals surface area contributed by atoms with Crippen molar-refractivity contribution in [2.75, 3.05) is 6.54 Å². The smallest absolute Gasteiger partial charge is 0.0845 e. The van der Waals surface area contributed by atoms with Crippen molar-refractivity contribution in [3.05, 3.63) is 36.0 Å². The number of aromatic nitrogens is 1. The molecule has 1 saturated heterocycles. The third kappa shape index (κ3) is 3.44. The topological polar surface area (TPSA) is 48.6 Å². The van der Waals surface area contributed by atoms with E-state index < -0.39 is 6.10 Å². The summed E-state index contributed by atoms with van der Waals surface area (Å²) in [7, 11) is 0. The van der Waals surface area contributed by atoms with Gasteiger partial charge in [-0.05, 0) is 32.8 Å². The van der Waals surface area contributed by atoms with E-state index in [9.17, 15) is 10.2 Å². The number of aliphatic hydroxyl groups excluding tert-OH is 2. The molecule has 1 fully saturated rings. The summed E-state index contributed by atoms with van der Waals surface area (Å²) in [5, 5.41) is 21.2. The minimum atomic E-state index is -0.402. The molecule has 0 spiro atoms. The van der Waals surface area contributed by atoms with E-state index in [1.54, 1.807) is 0 Å². The summed E-state index contributed by atoms with van der Waals surface area (Å²) >= 11 is 0. The van der Waals surface area contributed by atoms with Crippen LogP contribution in [0.15, 0.2) is 30.5 Å². The summed E-state index contributed by atoms with van der Waals surface area (Å²) in [6.45, 7) is 5.83. The Bertz CT molecular complexity index is 642. The van der Waals surface area contributed by atoms with E-state index >= 15 is 0 Å². The minimum Gasteiger partial charge on any atom is -0.392 e. The van der Waals surface area contributed by atoms with Crippen LogP contribution in [0.4, 0.5) is 0 Å². The molecule has 2 aromatic rings. The molecule has 1 aromatic heterocycles. The molecule has 3 atom stereocenters. The number of fused-ring (bicyclic) bond motifs is 1. The summed E-state index contributed by atoms with van der Waals surface area (Å²) in [4.78, 5) is 2.44. The molecule has 0 unspecified atom stereocenters. The summed E-state index contributed by atoms with van der Waals surface area (Å²) in [5.74, 6) is 0. The normalized spacial score (nSPS) is 24.2. The Kier molecular flexibility index (Phi) is 5.05. The van der Waals surface area contributed by atoms with E-state index in [0.29, 0.717) is 25.2 Å². The predicted molar refractivity (Wildman–Crippen MR) is 93.3 cm³/mol. The number of aliphatic hydroxyl groups is 2. The standard InChI is InChI=1S/C19H28N2O2/c1-14-6-5-7-15(2)21(14)12-17(23)11-20-10-16(13-22)18-8-3-4-9-19(18)20/h3-4,8-10,14-15,17,22-23H,5-7,11-13H2,1-2H3/t14-,15+,17-/m0/s1. The van der Waals surface area contributed by atoms with Crippen LogP contribution in [0, 0.1) is 0 Å². The van der Waals surface area contributed by atoms with Gasteiger partial charge in [-0.3, -0.25) is 4.90 Å². The second-order valence-electron chi connectivity index (χ2n) is 6.96. The monoisotopic (exact) mass is 316 g/mol. The van der Waals surface area contributed by atoms with Crippen LogP contribution in [0.3, 0.4) is 0 Å². The van der Waals surface area contributed by atoms with Gasteiger partial charge in [0.05, 0.1) is 12.7 Å². The molecule has 0 saturated carbocycles. The maximum atomic E-state index is 10.6. The molecular formula is C19H28N2O2. The van der Waals surface area contributed by atoms with Gasteiger partial charge < -0.3 is 14.8 Å². The molecule has 2 N–H and O–H groups in total. The molecule has 0 amide bonds. The molecule has 4 heteroatoms. The Morgan fingerprint density at radius 3 is 2.52 bits per heavy atom. The summed E-state index contributed by atoms with van der Waals surface area (Å²) in [5.41, 5.74) is 2.00. The molecule has 3 rings (SSSR count). The van der Waals surface area contributed by atoms with Gasteiger partial charge in [0.1, 0.15) is 0 Å². The Labute approximate surface area is 138 Å². The zero-order valence-electron chi connectivity index (χ0n) is 14.2. The Hall–Kier alpha value is -1.36. The number of β-amino-alcohol motifs (C(OH)–C–C–N with tert-alkyl or cyclic N) is 1. The number of rotatable bonds is 5. The van der Waals surface area contributed by atoms with E-state index in [-0.39, 0.29) is 6.61 Å². The quantitative estimate of drug-likeness (QED) is 0.892. The highest BCUT2D eigenvalue weighted by Gasteiger charge is 2.26. The first kappa shape index (κ1) is 16.5. The van der Waals surface area contributed by atoms with Gasteiger partial charge in [0.25, 0.3) is 0 Å². The molecule has 0 bridgehead atoms. The Morgan fingerprint density at radius 2 is 1.83 bits per heavy atom. The van der Waals surface area contributed by atoms with Gasteiger partial charge in [0, 0.05) is 47.8 Å². The number of benzene rings is 1. The van der Waals surface area contributed by atoms with E-state index in [2.05, 4.69) is 23.3 Å².